The van der Waals surface area contributed by atoms with E-state index in [2.05, 4.69) is 10.2 Å². The molecule has 0 fully saturated rings. The van der Waals surface area contributed by atoms with Gasteiger partial charge in [-0.25, -0.2) is 9.07 Å². The highest BCUT2D eigenvalue weighted by molar-refractivity contribution is 7.98. The fraction of sp³-hybridized carbons (Fsp3) is 0.333. The first-order valence-corrected chi connectivity index (χ1v) is 7.13. The lowest BCUT2D eigenvalue weighted by atomic mass is 10.2. The summed E-state index contributed by atoms with van der Waals surface area (Å²) in [7, 11) is 0. The second-order valence-corrected chi connectivity index (χ2v) is 5.70. The van der Waals surface area contributed by atoms with Crippen molar-refractivity contribution in [2.24, 2.45) is 0 Å². The zero-order chi connectivity index (χ0) is 14.0. The Labute approximate surface area is 120 Å². The van der Waals surface area contributed by atoms with Gasteiger partial charge in [0.25, 0.3) is 0 Å². The van der Waals surface area contributed by atoms with Crippen molar-refractivity contribution in [1.82, 2.24) is 14.9 Å². The van der Waals surface area contributed by atoms with E-state index >= 15 is 0 Å². The van der Waals surface area contributed by atoms with Crippen molar-refractivity contribution >= 4 is 23.4 Å². The second-order valence-electron chi connectivity index (χ2n) is 4.35. The molecule has 0 unspecified atom stereocenters. The first-order valence-electron chi connectivity index (χ1n) is 5.76. The number of thioether (sulfide) groups is 1. The van der Waals surface area contributed by atoms with Crippen LogP contribution in [0.3, 0.4) is 0 Å². The molecule has 0 atom stereocenters. The van der Waals surface area contributed by atoms with E-state index in [-0.39, 0.29) is 11.7 Å². The van der Waals surface area contributed by atoms with E-state index in [9.17, 15) is 4.39 Å². The minimum atomic E-state index is -0.327. The SMILES string of the molecule is CC(C)c1nnc(SCc2c(F)cccc2Cl)n1N. The van der Waals surface area contributed by atoms with Gasteiger partial charge in [-0.3, -0.25) is 0 Å². The van der Waals surface area contributed by atoms with Gasteiger partial charge in [-0.05, 0) is 12.1 Å². The Bertz CT molecular complexity index is 565. The largest absolute Gasteiger partial charge is 0.336 e. The van der Waals surface area contributed by atoms with Crippen LogP contribution in [0.1, 0.15) is 31.2 Å². The summed E-state index contributed by atoms with van der Waals surface area (Å²) in [5.41, 5.74) is 0.447. The van der Waals surface area contributed by atoms with Crippen molar-refractivity contribution in [2.45, 2.75) is 30.7 Å². The van der Waals surface area contributed by atoms with E-state index in [1.807, 2.05) is 13.8 Å². The van der Waals surface area contributed by atoms with Gasteiger partial charge < -0.3 is 5.84 Å². The van der Waals surface area contributed by atoms with Crippen molar-refractivity contribution < 1.29 is 4.39 Å². The Morgan fingerprint density at radius 1 is 1.42 bits per heavy atom. The number of nitrogens with zero attached hydrogens (tertiary/aromatic N) is 3. The minimum absolute atomic E-state index is 0.184. The highest BCUT2D eigenvalue weighted by atomic mass is 35.5. The van der Waals surface area contributed by atoms with Crippen LogP contribution in [0.2, 0.25) is 5.02 Å². The molecule has 2 aromatic rings. The molecule has 0 aliphatic carbocycles. The highest BCUT2D eigenvalue weighted by Gasteiger charge is 2.14. The smallest absolute Gasteiger partial charge is 0.210 e. The zero-order valence-corrected chi connectivity index (χ0v) is 12.2. The highest BCUT2D eigenvalue weighted by Crippen LogP contribution is 2.27. The number of aromatic nitrogens is 3. The second kappa shape index (κ2) is 5.79. The van der Waals surface area contributed by atoms with Crippen molar-refractivity contribution in [2.75, 3.05) is 5.84 Å². The number of nitrogens with two attached hydrogens (primary N) is 1. The maximum atomic E-state index is 13.6. The third-order valence-corrected chi connectivity index (χ3v) is 3.94. The third-order valence-electron chi connectivity index (χ3n) is 2.61. The third kappa shape index (κ3) is 3.01. The molecule has 0 spiro atoms. The molecule has 1 aromatic carbocycles. The lowest BCUT2D eigenvalue weighted by molar-refractivity contribution is 0.617. The van der Waals surface area contributed by atoms with Crippen molar-refractivity contribution in [3.63, 3.8) is 0 Å². The van der Waals surface area contributed by atoms with Crippen LogP contribution in [0.5, 0.6) is 0 Å². The molecule has 0 radical (unpaired) electrons. The number of rotatable bonds is 4. The van der Waals surface area contributed by atoms with E-state index in [1.165, 1.54) is 22.5 Å². The normalized spacial score (nSPS) is 11.2. The molecule has 0 amide bonds. The molecule has 1 aromatic heterocycles. The molecule has 0 bridgehead atoms. The van der Waals surface area contributed by atoms with Gasteiger partial charge in [0.05, 0.1) is 0 Å². The maximum absolute atomic E-state index is 13.6. The number of nitrogen functional groups attached to an aromatic ring is 1. The molecule has 4 nitrogen and oxygen atoms in total. The summed E-state index contributed by atoms with van der Waals surface area (Å²) < 4.78 is 15.0. The Morgan fingerprint density at radius 3 is 2.74 bits per heavy atom. The number of hydrogen-bond acceptors (Lipinski definition) is 4. The fourth-order valence-electron chi connectivity index (χ4n) is 1.59. The summed E-state index contributed by atoms with van der Waals surface area (Å²) in [5, 5.41) is 8.96. The topological polar surface area (TPSA) is 56.7 Å². The summed E-state index contributed by atoms with van der Waals surface area (Å²) in [6.07, 6.45) is 0. The van der Waals surface area contributed by atoms with Crippen LogP contribution in [-0.2, 0) is 5.75 Å². The molecule has 0 saturated carbocycles. The van der Waals surface area contributed by atoms with Crippen LogP contribution in [0, 0.1) is 5.82 Å². The molecule has 0 aliphatic rings. The van der Waals surface area contributed by atoms with Crippen LogP contribution >= 0.6 is 23.4 Å². The maximum Gasteiger partial charge on any atom is 0.210 e. The minimum Gasteiger partial charge on any atom is -0.336 e. The van der Waals surface area contributed by atoms with Crippen LogP contribution in [-0.4, -0.2) is 14.9 Å². The number of halogens is 2. The van der Waals surface area contributed by atoms with Gasteiger partial charge in [0, 0.05) is 22.3 Å². The Morgan fingerprint density at radius 2 is 2.16 bits per heavy atom. The molecule has 2 N–H and O–H groups in total. The van der Waals surface area contributed by atoms with E-state index in [1.54, 1.807) is 12.1 Å². The van der Waals surface area contributed by atoms with E-state index in [4.69, 9.17) is 17.4 Å². The lowest BCUT2D eigenvalue weighted by Gasteiger charge is -2.07. The van der Waals surface area contributed by atoms with Gasteiger partial charge in [0.15, 0.2) is 5.82 Å². The van der Waals surface area contributed by atoms with Crippen molar-refractivity contribution in [1.29, 1.82) is 0 Å². The van der Waals surface area contributed by atoms with Crippen LogP contribution < -0.4 is 5.84 Å². The Kier molecular flexibility index (Phi) is 4.31. The summed E-state index contributed by atoms with van der Waals surface area (Å²) in [5.74, 6) is 6.80. The van der Waals surface area contributed by atoms with Crippen LogP contribution in [0.25, 0.3) is 0 Å². The average Bonchev–Trinajstić information content (AvgIpc) is 2.70. The van der Waals surface area contributed by atoms with E-state index in [0.717, 1.165) is 0 Å². The van der Waals surface area contributed by atoms with Crippen LogP contribution in [0.15, 0.2) is 23.4 Å². The quantitative estimate of drug-likeness (QED) is 0.696. The molecule has 102 valence electrons. The van der Waals surface area contributed by atoms with Gasteiger partial charge in [0.1, 0.15) is 5.82 Å². The van der Waals surface area contributed by atoms with Gasteiger partial charge in [-0.15, -0.1) is 10.2 Å². The Hall–Kier alpha value is -1.27. The number of hydrogen-bond donors (Lipinski definition) is 1. The van der Waals surface area contributed by atoms with Gasteiger partial charge >= 0.3 is 0 Å². The van der Waals surface area contributed by atoms with Gasteiger partial charge in [-0.1, -0.05) is 43.3 Å². The van der Waals surface area contributed by atoms with Crippen LogP contribution in [0.4, 0.5) is 4.39 Å². The number of benzene rings is 1. The average molecular weight is 301 g/mol. The standard InChI is InChI=1S/C12H14ClFN4S/c1-7(2)11-16-17-12(18(11)15)19-6-8-9(13)4-3-5-10(8)14/h3-5,7H,6,15H2,1-2H3. The summed E-state index contributed by atoms with van der Waals surface area (Å²) in [6.45, 7) is 3.96. The monoisotopic (exact) mass is 300 g/mol. The lowest BCUT2D eigenvalue weighted by Crippen LogP contribution is -2.15. The van der Waals surface area contributed by atoms with Gasteiger partial charge in [0.2, 0.25) is 5.16 Å². The van der Waals surface area contributed by atoms with Gasteiger partial charge in [-0.2, -0.15) is 0 Å². The van der Waals surface area contributed by atoms with Crippen molar-refractivity contribution in [3.05, 3.63) is 40.4 Å². The zero-order valence-electron chi connectivity index (χ0n) is 10.6. The predicted molar refractivity (Wildman–Crippen MR) is 75.2 cm³/mol. The first-order chi connectivity index (χ1) is 9.00. The molecule has 19 heavy (non-hydrogen) atoms. The molecule has 0 aliphatic heterocycles. The molecule has 1 heterocycles. The fourth-order valence-corrected chi connectivity index (χ4v) is 2.79. The Balaban J connectivity index is 2.15. The first kappa shape index (κ1) is 14.1. The molecule has 2 rings (SSSR count). The van der Waals surface area contributed by atoms with E-state index < -0.39 is 0 Å². The summed E-state index contributed by atoms with van der Waals surface area (Å²) >= 11 is 7.27. The summed E-state index contributed by atoms with van der Waals surface area (Å²) in [4.78, 5) is 0. The predicted octanol–water partition coefficient (Wildman–Crippen LogP) is 3.20. The van der Waals surface area contributed by atoms with E-state index in [0.29, 0.717) is 27.3 Å². The summed E-state index contributed by atoms with van der Waals surface area (Å²) in [6, 6.07) is 4.62. The molecule has 0 saturated heterocycles. The molecule has 7 heteroatoms. The van der Waals surface area contributed by atoms with Crippen molar-refractivity contribution in [3.8, 4) is 0 Å². The molecular formula is C12H14ClFN4S. The molecular weight excluding hydrogens is 287 g/mol.